The van der Waals surface area contributed by atoms with Gasteiger partial charge < -0.3 is 21.2 Å². The van der Waals surface area contributed by atoms with E-state index in [1.165, 1.54) is 10.6 Å². The summed E-state index contributed by atoms with van der Waals surface area (Å²) >= 11 is 0. The molecule has 4 aromatic rings. The van der Waals surface area contributed by atoms with Crippen LogP contribution >= 0.6 is 0 Å². The van der Waals surface area contributed by atoms with Gasteiger partial charge in [0.2, 0.25) is 5.95 Å². The van der Waals surface area contributed by atoms with Gasteiger partial charge in [0, 0.05) is 36.0 Å². The average Bonchev–Trinajstić information content (AvgIpc) is 3.35. The fraction of sp³-hybridized carbons (Fsp3) is 0.160. The van der Waals surface area contributed by atoms with Gasteiger partial charge in [0.05, 0.1) is 12.0 Å². The van der Waals surface area contributed by atoms with Gasteiger partial charge in [-0.2, -0.15) is 0 Å². The lowest BCUT2D eigenvalue weighted by Crippen LogP contribution is -2.32. The zero-order valence-corrected chi connectivity index (χ0v) is 18.0. The third kappa shape index (κ3) is 5.48. The van der Waals surface area contributed by atoms with Gasteiger partial charge >= 0.3 is 0 Å². The molecule has 0 aliphatic rings. The molecule has 0 aliphatic carbocycles. The maximum absolute atomic E-state index is 12.6. The topological polar surface area (TPSA) is 129 Å². The summed E-state index contributed by atoms with van der Waals surface area (Å²) in [5.74, 6) is 0.692. The number of anilines is 2. The standard InChI is InChI=1S/C25H25N5O3/c26-20-9-7-18(8-10-20)24(32)28-12-13-30-23(31)16-21(29-25(30)27)11-6-17-3-1-4-19(15-17)22-5-2-14-33-22/h1-5,7-10,14-16H,6,11-13,26H2,(H2,27,29)(H,28,32). The van der Waals surface area contributed by atoms with Crippen molar-refractivity contribution in [2.45, 2.75) is 19.4 Å². The molecule has 2 heterocycles. The number of aryl methyl sites for hydroxylation is 2. The molecule has 0 radical (unpaired) electrons. The summed E-state index contributed by atoms with van der Waals surface area (Å²) in [6.07, 6.45) is 2.94. The maximum atomic E-state index is 12.6. The van der Waals surface area contributed by atoms with Crippen LogP contribution in [0.2, 0.25) is 0 Å². The van der Waals surface area contributed by atoms with E-state index in [4.69, 9.17) is 15.9 Å². The van der Waals surface area contributed by atoms with Gasteiger partial charge in [-0.1, -0.05) is 18.2 Å². The maximum Gasteiger partial charge on any atom is 0.255 e. The molecule has 8 heteroatoms. The second-order valence-electron chi connectivity index (χ2n) is 7.65. The van der Waals surface area contributed by atoms with Gasteiger partial charge in [-0.25, -0.2) is 4.98 Å². The molecule has 5 N–H and O–H groups in total. The van der Waals surface area contributed by atoms with Crippen LogP contribution < -0.4 is 22.3 Å². The van der Waals surface area contributed by atoms with E-state index in [0.29, 0.717) is 29.8 Å². The minimum absolute atomic E-state index is 0.128. The summed E-state index contributed by atoms with van der Waals surface area (Å²) < 4.78 is 6.81. The van der Waals surface area contributed by atoms with E-state index in [9.17, 15) is 9.59 Å². The molecule has 0 saturated carbocycles. The van der Waals surface area contributed by atoms with Crippen LogP contribution in [0.5, 0.6) is 0 Å². The average molecular weight is 444 g/mol. The number of benzene rings is 2. The molecule has 0 atom stereocenters. The molecule has 1 amide bonds. The van der Waals surface area contributed by atoms with Crippen molar-refractivity contribution in [3.05, 3.63) is 100 Å². The predicted octanol–water partition coefficient (Wildman–Crippen LogP) is 2.88. The molecule has 2 aromatic carbocycles. The lowest BCUT2D eigenvalue weighted by atomic mass is 10.0. The highest BCUT2D eigenvalue weighted by molar-refractivity contribution is 5.94. The van der Waals surface area contributed by atoms with Crippen molar-refractivity contribution < 1.29 is 9.21 Å². The normalized spacial score (nSPS) is 10.8. The third-order valence-electron chi connectivity index (χ3n) is 5.29. The molecule has 4 rings (SSSR count). The highest BCUT2D eigenvalue weighted by atomic mass is 16.3. The van der Waals surface area contributed by atoms with E-state index >= 15 is 0 Å². The second-order valence-corrected chi connectivity index (χ2v) is 7.65. The van der Waals surface area contributed by atoms with Gasteiger partial charge in [-0.3, -0.25) is 14.2 Å². The van der Waals surface area contributed by atoms with Crippen LogP contribution in [-0.4, -0.2) is 22.0 Å². The van der Waals surface area contributed by atoms with Crippen molar-refractivity contribution in [3.63, 3.8) is 0 Å². The zero-order chi connectivity index (χ0) is 23.2. The number of hydrogen-bond donors (Lipinski definition) is 3. The number of aromatic nitrogens is 2. The monoisotopic (exact) mass is 443 g/mol. The molecule has 0 spiro atoms. The number of furan rings is 1. The smallest absolute Gasteiger partial charge is 0.255 e. The largest absolute Gasteiger partial charge is 0.464 e. The highest BCUT2D eigenvalue weighted by Crippen LogP contribution is 2.21. The lowest BCUT2D eigenvalue weighted by Gasteiger charge is -2.11. The Bertz CT molecular complexity index is 1290. The summed E-state index contributed by atoms with van der Waals surface area (Å²) in [6.45, 7) is 0.470. The number of nitrogen functional groups attached to an aromatic ring is 2. The molecular formula is C25H25N5O3. The molecule has 33 heavy (non-hydrogen) atoms. The Balaban J connectivity index is 1.35. The van der Waals surface area contributed by atoms with Crippen molar-refractivity contribution in [2.24, 2.45) is 0 Å². The lowest BCUT2D eigenvalue weighted by molar-refractivity contribution is 0.0952. The van der Waals surface area contributed by atoms with Crippen molar-refractivity contribution >= 4 is 17.5 Å². The number of nitrogens with zero attached hydrogens (tertiary/aromatic N) is 2. The molecule has 168 valence electrons. The summed E-state index contributed by atoms with van der Waals surface area (Å²) in [6, 6.07) is 19.9. The second kappa shape index (κ2) is 9.86. The minimum atomic E-state index is -0.247. The molecular weight excluding hydrogens is 418 g/mol. The molecule has 0 unspecified atom stereocenters. The van der Waals surface area contributed by atoms with Gasteiger partial charge in [-0.05, 0) is 60.9 Å². The summed E-state index contributed by atoms with van der Waals surface area (Å²) in [4.78, 5) is 29.1. The van der Waals surface area contributed by atoms with E-state index in [0.717, 1.165) is 16.9 Å². The van der Waals surface area contributed by atoms with Crippen LogP contribution in [0.15, 0.2) is 82.2 Å². The number of hydrogen-bond acceptors (Lipinski definition) is 6. The quantitative estimate of drug-likeness (QED) is 0.359. The number of nitrogens with two attached hydrogens (primary N) is 2. The fourth-order valence-electron chi connectivity index (χ4n) is 3.54. The number of carbonyl (C=O) groups is 1. The first-order chi connectivity index (χ1) is 16.0. The number of amides is 1. The highest BCUT2D eigenvalue weighted by Gasteiger charge is 2.09. The van der Waals surface area contributed by atoms with Crippen molar-refractivity contribution in [3.8, 4) is 11.3 Å². The van der Waals surface area contributed by atoms with E-state index < -0.39 is 0 Å². The van der Waals surface area contributed by atoms with E-state index in [1.54, 1.807) is 30.5 Å². The zero-order valence-electron chi connectivity index (χ0n) is 18.0. The van der Waals surface area contributed by atoms with E-state index in [-0.39, 0.29) is 30.5 Å². The Morgan fingerprint density at radius 1 is 1.00 bits per heavy atom. The third-order valence-corrected chi connectivity index (χ3v) is 5.29. The molecule has 0 aliphatic heterocycles. The Labute approximate surface area is 190 Å². The number of nitrogens with one attached hydrogen (secondary N) is 1. The molecule has 8 nitrogen and oxygen atoms in total. The van der Waals surface area contributed by atoms with Crippen LogP contribution in [0, 0.1) is 0 Å². The van der Waals surface area contributed by atoms with Crippen LogP contribution in [0.1, 0.15) is 21.6 Å². The Kier molecular flexibility index (Phi) is 6.54. The Hall–Kier alpha value is -4.33. The fourth-order valence-corrected chi connectivity index (χ4v) is 3.54. The Morgan fingerprint density at radius 2 is 1.82 bits per heavy atom. The number of rotatable bonds is 8. The van der Waals surface area contributed by atoms with Gasteiger partial charge in [0.25, 0.3) is 11.5 Å². The van der Waals surface area contributed by atoms with E-state index in [1.807, 2.05) is 30.3 Å². The van der Waals surface area contributed by atoms with Gasteiger partial charge in [0.15, 0.2) is 0 Å². The van der Waals surface area contributed by atoms with Crippen molar-refractivity contribution in [2.75, 3.05) is 18.0 Å². The molecule has 0 fully saturated rings. The van der Waals surface area contributed by atoms with Gasteiger partial charge in [0.1, 0.15) is 5.76 Å². The minimum Gasteiger partial charge on any atom is -0.464 e. The molecule has 2 aromatic heterocycles. The van der Waals surface area contributed by atoms with Crippen LogP contribution in [0.4, 0.5) is 11.6 Å². The van der Waals surface area contributed by atoms with Crippen molar-refractivity contribution in [1.29, 1.82) is 0 Å². The Morgan fingerprint density at radius 3 is 2.55 bits per heavy atom. The molecule has 0 bridgehead atoms. The van der Waals surface area contributed by atoms with Gasteiger partial charge in [-0.15, -0.1) is 0 Å². The van der Waals surface area contributed by atoms with Crippen LogP contribution in [-0.2, 0) is 19.4 Å². The first-order valence-electron chi connectivity index (χ1n) is 10.6. The SMILES string of the molecule is Nc1ccc(C(=O)NCCn2c(N)nc(CCc3cccc(-c4ccco4)c3)cc2=O)cc1. The first kappa shape index (κ1) is 21.9. The summed E-state index contributed by atoms with van der Waals surface area (Å²) in [5, 5.41) is 2.77. The van der Waals surface area contributed by atoms with Crippen LogP contribution in [0.3, 0.4) is 0 Å². The summed E-state index contributed by atoms with van der Waals surface area (Å²) in [7, 11) is 0. The predicted molar refractivity (Wildman–Crippen MR) is 128 cm³/mol. The van der Waals surface area contributed by atoms with Crippen LogP contribution in [0.25, 0.3) is 11.3 Å². The van der Waals surface area contributed by atoms with Crippen molar-refractivity contribution in [1.82, 2.24) is 14.9 Å². The molecule has 0 saturated heterocycles. The summed E-state index contributed by atoms with van der Waals surface area (Å²) in [5.41, 5.74) is 15.2. The first-order valence-corrected chi connectivity index (χ1v) is 10.6. The number of carbonyl (C=O) groups excluding carboxylic acids is 1. The van der Waals surface area contributed by atoms with E-state index in [2.05, 4.69) is 16.4 Å².